The van der Waals surface area contributed by atoms with E-state index in [0.29, 0.717) is 12.8 Å². The number of hydrogen-bond acceptors (Lipinski definition) is 4. The quantitative estimate of drug-likeness (QED) is 0.0586. The molecule has 234 valence electrons. The lowest BCUT2D eigenvalue weighted by Crippen LogP contribution is -2.47. The highest BCUT2D eigenvalue weighted by molar-refractivity contribution is 7.85. The minimum Gasteiger partial charge on any atom is -0.391 e. The van der Waals surface area contributed by atoms with Crippen molar-refractivity contribution in [1.29, 1.82) is 0 Å². The fraction of sp³-hybridized carbons (Fsp3) is 0.969. The topological polar surface area (TPSA) is 104 Å². The van der Waals surface area contributed by atoms with Crippen molar-refractivity contribution in [3.05, 3.63) is 0 Å². The maximum Gasteiger partial charge on any atom is 0.266 e. The van der Waals surface area contributed by atoms with Gasteiger partial charge < -0.3 is 10.4 Å². The molecular weight excluding hydrogens is 510 g/mol. The van der Waals surface area contributed by atoms with E-state index in [-0.39, 0.29) is 5.91 Å². The van der Waals surface area contributed by atoms with E-state index >= 15 is 0 Å². The van der Waals surface area contributed by atoms with Crippen LogP contribution in [0.1, 0.15) is 181 Å². The molecule has 0 fully saturated rings. The van der Waals surface area contributed by atoms with Crippen LogP contribution in [0.5, 0.6) is 0 Å². The van der Waals surface area contributed by atoms with Crippen LogP contribution in [0.3, 0.4) is 0 Å². The normalized spacial score (nSPS) is 13.4. The van der Waals surface area contributed by atoms with Gasteiger partial charge in [-0.2, -0.15) is 8.42 Å². The van der Waals surface area contributed by atoms with Crippen LogP contribution in [-0.4, -0.2) is 41.9 Å². The van der Waals surface area contributed by atoms with E-state index < -0.39 is 28.0 Å². The number of hydrogen-bond donors (Lipinski definition) is 3. The van der Waals surface area contributed by atoms with Gasteiger partial charge in [0, 0.05) is 6.42 Å². The Kier molecular flexibility index (Phi) is 27.0. The van der Waals surface area contributed by atoms with Crippen LogP contribution in [-0.2, 0) is 14.9 Å². The van der Waals surface area contributed by atoms with Crippen molar-refractivity contribution in [2.45, 2.75) is 193 Å². The van der Waals surface area contributed by atoms with Crippen molar-refractivity contribution in [3.63, 3.8) is 0 Å². The van der Waals surface area contributed by atoms with Crippen molar-refractivity contribution < 1.29 is 22.9 Å². The molecule has 3 N–H and O–H groups in total. The molecule has 0 saturated heterocycles. The molecule has 0 aliphatic heterocycles. The van der Waals surface area contributed by atoms with E-state index in [1.54, 1.807) is 0 Å². The molecule has 0 rings (SSSR count). The van der Waals surface area contributed by atoms with E-state index in [9.17, 15) is 22.9 Å². The van der Waals surface area contributed by atoms with Crippen LogP contribution in [0.25, 0.3) is 0 Å². The molecule has 0 radical (unpaired) electrons. The minimum absolute atomic E-state index is 0.246. The number of aliphatic hydroxyl groups excluding tert-OH is 1. The summed E-state index contributed by atoms with van der Waals surface area (Å²) in [6.07, 6.45) is 29.1. The molecule has 0 aliphatic carbocycles. The van der Waals surface area contributed by atoms with Crippen LogP contribution in [0.4, 0.5) is 0 Å². The van der Waals surface area contributed by atoms with Gasteiger partial charge in [-0.3, -0.25) is 9.35 Å². The van der Waals surface area contributed by atoms with Gasteiger partial charge in [-0.1, -0.05) is 162 Å². The van der Waals surface area contributed by atoms with Gasteiger partial charge in [-0.25, -0.2) is 0 Å². The summed E-state index contributed by atoms with van der Waals surface area (Å²) >= 11 is 0. The predicted molar refractivity (Wildman–Crippen MR) is 166 cm³/mol. The summed E-state index contributed by atoms with van der Waals surface area (Å²) in [7, 11) is -4.29. The first-order valence-corrected chi connectivity index (χ1v) is 18.3. The lowest BCUT2D eigenvalue weighted by molar-refractivity contribution is -0.122. The molecule has 0 aliphatic rings. The van der Waals surface area contributed by atoms with Crippen LogP contribution in [0.2, 0.25) is 0 Å². The van der Waals surface area contributed by atoms with Gasteiger partial charge in [0.2, 0.25) is 5.91 Å². The minimum atomic E-state index is -4.29. The number of amides is 1. The highest BCUT2D eigenvalue weighted by Gasteiger charge is 2.26. The molecule has 0 bridgehead atoms. The Labute approximate surface area is 242 Å². The first-order valence-electron chi connectivity index (χ1n) is 16.7. The Bertz CT molecular complexity index is 640. The highest BCUT2D eigenvalue weighted by Crippen LogP contribution is 2.15. The van der Waals surface area contributed by atoms with Gasteiger partial charge in [0.1, 0.15) is 0 Å². The van der Waals surface area contributed by atoms with Crippen LogP contribution < -0.4 is 5.32 Å². The molecule has 6 nitrogen and oxygen atoms in total. The molecule has 0 aromatic rings. The molecular formula is C32H65NO5S. The molecule has 0 aromatic carbocycles. The predicted octanol–water partition coefficient (Wildman–Crippen LogP) is 8.90. The van der Waals surface area contributed by atoms with Crippen molar-refractivity contribution >= 4 is 16.0 Å². The maximum atomic E-state index is 12.4. The molecule has 39 heavy (non-hydrogen) atoms. The second-order valence-electron chi connectivity index (χ2n) is 11.8. The molecule has 0 heterocycles. The van der Waals surface area contributed by atoms with Crippen LogP contribution >= 0.6 is 0 Å². The van der Waals surface area contributed by atoms with Crippen molar-refractivity contribution in [2.75, 3.05) is 5.75 Å². The van der Waals surface area contributed by atoms with Crippen molar-refractivity contribution in [3.8, 4) is 0 Å². The van der Waals surface area contributed by atoms with E-state index in [0.717, 1.165) is 38.5 Å². The van der Waals surface area contributed by atoms with E-state index in [1.165, 1.54) is 116 Å². The second-order valence-corrected chi connectivity index (χ2v) is 13.3. The van der Waals surface area contributed by atoms with Gasteiger partial charge in [0.05, 0.1) is 17.9 Å². The second kappa shape index (κ2) is 27.5. The summed E-state index contributed by atoms with van der Waals surface area (Å²) in [5, 5.41) is 13.2. The van der Waals surface area contributed by atoms with Crippen molar-refractivity contribution in [2.24, 2.45) is 0 Å². The van der Waals surface area contributed by atoms with Gasteiger partial charge in [-0.15, -0.1) is 0 Å². The van der Waals surface area contributed by atoms with E-state index in [1.807, 2.05) is 0 Å². The Hall–Kier alpha value is -0.660. The standard InChI is InChI=1S/C32H65NO5S/c1-3-5-7-9-11-13-14-15-16-17-18-20-22-24-26-28-32(35)33-30(29-39(36,37)38)31(34)27-25-23-21-19-12-10-8-6-4-2/h30-31,34H,3-29H2,1-2H3,(H,33,35)(H,36,37,38). The van der Waals surface area contributed by atoms with Crippen LogP contribution in [0.15, 0.2) is 0 Å². The Morgan fingerprint density at radius 2 is 0.923 bits per heavy atom. The fourth-order valence-electron chi connectivity index (χ4n) is 5.28. The van der Waals surface area contributed by atoms with Crippen molar-refractivity contribution in [1.82, 2.24) is 5.32 Å². The number of aliphatic hydroxyl groups is 1. The number of carbonyl (C=O) groups excluding carboxylic acids is 1. The number of nitrogens with one attached hydrogen (secondary N) is 1. The third-order valence-electron chi connectivity index (χ3n) is 7.81. The summed E-state index contributed by atoms with van der Waals surface area (Å²) < 4.78 is 32.2. The van der Waals surface area contributed by atoms with E-state index in [2.05, 4.69) is 19.2 Å². The first-order chi connectivity index (χ1) is 18.8. The lowest BCUT2D eigenvalue weighted by Gasteiger charge is -2.23. The molecule has 0 aromatic heterocycles. The molecule has 7 heteroatoms. The number of carbonyl (C=O) groups is 1. The molecule has 1 amide bonds. The molecule has 0 saturated carbocycles. The summed E-state index contributed by atoms with van der Waals surface area (Å²) in [5.41, 5.74) is 0. The third-order valence-corrected chi connectivity index (χ3v) is 8.59. The Morgan fingerprint density at radius 1 is 0.590 bits per heavy atom. The smallest absolute Gasteiger partial charge is 0.266 e. The monoisotopic (exact) mass is 575 g/mol. The van der Waals surface area contributed by atoms with Crippen LogP contribution in [0, 0.1) is 0 Å². The molecule has 2 atom stereocenters. The van der Waals surface area contributed by atoms with E-state index in [4.69, 9.17) is 0 Å². The molecule has 2 unspecified atom stereocenters. The largest absolute Gasteiger partial charge is 0.391 e. The van der Waals surface area contributed by atoms with Gasteiger partial charge in [0.15, 0.2) is 0 Å². The SMILES string of the molecule is CCCCCCCCCCCCCCCCCC(=O)NC(CS(=O)(=O)O)C(O)CCCCCCCCCCC. The average Bonchev–Trinajstić information content (AvgIpc) is 2.88. The highest BCUT2D eigenvalue weighted by atomic mass is 32.2. The summed E-state index contributed by atoms with van der Waals surface area (Å²) in [5.74, 6) is -0.889. The third kappa shape index (κ3) is 28.7. The van der Waals surface area contributed by atoms with Gasteiger partial charge in [0.25, 0.3) is 10.1 Å². The average molecular weight is 576 g/mol. The zero-order valence-electron chi connectivity index (χ0n) is 25.8. The van der Waals surface area contributed by atoms with Gasteiger partial charge >= 0.3 is 0 Å². The molecule has 0 spiro atoms. The lowest BCUT2D eigenvalue weighted by atomic mass is 10.0. The first kappa shape index (κ1) is 38.3. The number of unbranched alkanes of at least 4 members (excludes halogenated alkanes) is 22. The summed E-state index contributed by atoms with van der Waals surface area (Å²) in [6.45, 7) is 4.47. The summed E-state index contributed by atoms with van der Waals surface area (Å²) in [4.78, 5) is 12.4. The zero-order valence-corrected chi connectivity index (χ0v) is 26.6. The Morgan fingerprint density at radius 3 is 1.28 bits per heavy atom. The maximum absolute atomic E-state index is 12.4. The Balaban J connectivity index is 3.90. The summed E-state index contributed by atoms with van der Waals surface area (Å²) in [6, 6.07) is -0.960. The number of rotatable bonds is 30. The zero-order chi connectivity index (χ0) is 29.0. The van der Waals surface area contributed by atoms with Gasteiger partial charge in [-0.05, 0) is 12.8 Å². The fourth-order valence-corrected chi connectivity index (χ4v) is 6.04.